The molecule has 2 rings (SSSR count). The Morgan fingerprint density at radius 2 is 2.00 bits per heavy atom. The van der Waals surface area contributed by atoms with Crippen molar-refractivity contribution < 1.29 is 22.7 Å². The topological polar surface area (TPSA) is 38.3 Å². The fraction of sp³-hybridized carbons (Fsp3) is 0.533. The number of rotatable bonds is 3. The predicted molar refractivity (Wildman–Crippen MR) is 71.6 cm³/mol. The molecule has 0 spiro atoms. The van der Waals surface area contributed by atoms with Gasteiger partial charge in [0, 0.05) is 18.9 Å². The molecule has 0 radical (unpaired) electrons. The van der Waals surface area contributed by atoms with Gasteiger partial charge in [0.05, 0.1) is 5.56 Å². The van der Waals surface area contributed by atoms with E-state index in [2.05, 4.69) is 5.32 Å². The third kappa shape index (κ3) is 4.20. The molecule has 0 aliphatic carbocycles. The number of hydrogen-bond donors (Lipinski definition) is 1. The van der Waals surface area contributed by atoms with Crippen LogP contribution in [0.1, 0.15) is 43.4 Å². The maximum absolute atomic E-state index is 12.5. The van der Waals surface area contributed by atoms with Gasteiger partial charge in [0.25, 0.3) is 0 Å². The third-order valence-electron chi connectivity index (χ3n) is 3.58. The van der Waals surface area contributed by atoms with Gasteiger partial charge in [0.2, 0.25) is 0 Å². The number of nitrogens with one attached hydrogen (secondary N) is 1. The van der Waals surface area contributed by atoms with Crippen molar-refractivity contribution in [3.05, 3.63) is 35.4 Å². The summed E-state index contributed by atoms with van der Waals surface area (Å²) in [7, 11) is 0. The molecule has 0 unspecified atom stereocenters. The Bertz CT molecular complexity index is 485. The van der Waals surface area contributed by atoms with Crippen LogP contribution in [-0.4, -0.2) is 18.6 Å². The first-order valence-electron chi connectivity index (χ1n) is 7.00. The molecule has 0 saturated carbocycles. The molecular formula is C15H18F3NO2. The van der Waals surface area contributed by atoms with Gasteiger partial charge in [0.15, 0.2) is 0 Å². The van der Waals surface area contributed by atoms with E-state index in [1.54, 1.807) is 6.92 Å². The summed E-state index contributed by atoms with van der Waals surface area (Å²) < 4.78 is 42.9. The SMILES string of the molecule is CCC(=O)O[C@H]1CCN[C@@H](c2ccc(C(F)(F)F)cc2)C1. The molecule has 0 amide bonds. The van der Waals surface area contributed by atoms with Crippen LogP contribution in [0.15, 0.2) is 24.3 Å². The number of carbonyl (C=O) groups excluding carboxylic acids is 1. The van der Waals surface area contributed by atoms with E-state index >= 15 is 0 Å². The molecule has 1 aliphatic heterocycles. The number of ether oxygens (including phenoxy) is 1. The molecule has 1 saturated heterocycles. The van der Waals surface area contributed by atoms with Crippen molar-refractivity contribution in [2.45, 2.75) is 44.5 Å². The van der Waals surface area contributed by atoms with Gasteiger partial charge in [-0.05, 0) is 30.7 Å². The third-order valence-corrected chi connectivity index (χ3v) is 3.58. The molecule has 21 heavy (non-hydrogen) atoms. The lowest BCUT2D eigenvalue weighted by atomic mass is 9.94. The predicted octanol–water partition coefficient (Wildman–Crippen LogP) is 3.45. The van der Waals surface area contributed by atoms with Crippen LogP contribution in [0, 0.1) is 0 Å². The standard InChI is InChI=1S/C15H18F3NO2/c1-2-14(20)21-12-7-8-19-13(9-12)10-3-5-11(6-4-10)15(16,17)18/h3-6,12-13,19H,2,7-9H2,1H3/t12-,13+/m0/s1. The van der Waals surface area contributed by atoms with Gasteiger partial charge in [-0.3, -0.25) is 4.79 Å². The van der Waals surface area contributed by atoms with E-state index in [4.69, 9.17) is 4.74 Å². The molecule has 1 aromatic rings. The molecule has 1 aromatic carbocycles. The normalized spacial score (nSPS) is 22.9. The van der Waals surface area contributed by atoms with Gasteiger partial charge in [-0.2, -0.15) is 13.2 Å². The number of hydrogen-bond acceptors (Lipinski definition) is 3. The molecule has 1 aliphatic rings. The van der Waals surface area contributed by atoms with Crippen molar-refractivity contribution in [3.63, 3.8) is 0 Å². The number of alkyl halides is 3. The first kappa shape index (κ1) is 15.8. The average molecular weight is 301 g/mol. The molecule has 2 atom stereocenters. The highest BCUT2D eigenvalue weighted by Crippen LogP contribution is 2.31. The maximum Gasteiger partial charge on any atom is 0.416 e. The summed E-state index contributed by atoms with van der Waals surface area (Å²) in [4.78, 5) is 11.3. The van der Waals surface area contributed by atoms with E-state index in [1.807, 2.05) is 0 Å². The first-order valence-corrected chi connectivity index (χ1v) is 7.00. The molecule has 6 heteroatoms. The summed E-state index contributed by atoms with van der Waals surface area (Å²) >= 11 is 0. The number of carbonyl (C=O) groups is 1. The Labute approximate surface area is 121 Å². The molecule has 3 nitrogen and oxygen atoms in total. The highest BCUT2D eigenvalue weighted by atomic mass is 19.4. The average Bonchev–Trinajstić information content (AvgIpc) is 2.46. The van der Waals surface area contributed by atoms with Crippen molar-refractivity contribution >= 4 is 5.97 Å². The maximum atomic E-state index is 12.5. The van der Waals surface area contributed by atoms with E-state index in [-0.39, 0.29) is 18.1 Å². The van der Waals surface area contributed by atoms with Gasteiger partial charge in [0.1, 0.15) is 6.10 Å². The van der Waals surface area contributed by atoms with Gasteiger partial charge in [-0.15, -0.1) is 0 Å². The lowest BCUT2D eigenvalue weighted by molar-refractivity contribution is -0.150. The van der Waals surface area contributed by atoms with Gasteiger partial charge >= 0.3 is 12.1 Å². The van der Waals surface area contributed by atoms with Crippen molar-refractivity contribution in [1.29, 1.82) is 0 Å². The summed E-state index contributed by atoms with van der Waals surface area (Å²) in [5.74, 6) is -0.243. The number of halogens is 3. The Kier molecular flexibility index (Phi) is 4.88. The fourth-order valence-corrected chi connectivity index (χ4v) is 2.42. The van der Waals surface area contributed by atoms with Crippen LogP contribution in [0.5, 0.6) is 0 Å². The quantitative estimate of drug-likeness (QED) is 0.869. The molecule has 0 bridgehead atoms. The monoisotopic (exact) mass is 301 g/mol. The van der Waals surface area contributed by atoms with E-state index in [0.29, 0.717) is 19.4 Å². The first-order chi connectivity index (χ1) is 9.90. The van der Waals surface area contributed by atoms with Crippen molar-refractivity contribution in [1.82, 2.24) is 5.32 Å². The van der Waals surface area contributed by atoms with Crippen LogP contribution in [0.2, 0.25) is 0 Å². The molecular weight excluding hydrogens is 283 g/mol. The zero-order valence-corrected chi connectivity index (χ0v) is 11.7. The van der Waals surface area contributed by atoms with E-state index < -0.39 is 11.7 Å². The second-order valence-electron chi connectivity index (χ2n) is 5.12. The highest BCUT2D eigenvalue weighted by molar-refractivity contribution is 5.69. The smallest absolute Gasteiger partial charge is 0.416 e. The number of piperidine rings is 1. The van der Waals surface area contributed by atoms with Crippen molar-refractivity contribution in [2.75, 3.05) is 6.54 Å². The van der Waals surface area contributed by atoms with E-state index in [1.165, 1.54) is 12.1 Å². The number of esters is 1. The van der Waals surface area contributed by atoms with Crippen LogP contribution < -0.4 is 5.32 Å². The summed E-state index contributed by atoms with van der Waals surface area (Å²) in [6, 6.07) is 5.03. The summed E-state index contributed by atoms with van der Waals surface area (Å²) in [6.45, 7) is 2.41. The molecule has 1 heterocycles. The minimum Gasteiger partial charge on any atom is -0.462 e. The lowest BCUT2D eigenvalue weighted by Crippen LogP contribution is -2.36. The second-order valence-corrected chi connectivity index (χ2v) is 5.12. The van der Waals surface area contributed by atoms with Crippen LogP contribution in [0.4, 0.5) is 13.2 Å². The Morgan fingerprint density at radius 1 is 1.33 bits per heavy atom. The highest BCUT2D eigenvalue weighted by Gasteiger charge is 2.31. The van der Waals surface area contributed by atoms with Gasteiger partial charge in [-0.1, -0.05) is 19.1 Å². The van der Waals surface area contributed by atoms with Gasteiger partial charge < -0.3 is 10.1 Å². The largest absolute Gasteiger partial charge is 0.462 e. The summed E-state index contributed by atoms with van der Waals surface area (Å²) in [5.41, 5.74) is 0.122. The second kappa shape index (κ2) is 6.47. The minimum atomic E-state index is -4.32. The number of benzene rings is 1. The fourth-order valence-electron chi connectivity index (χ4n) is 2.42. The lowest BCUT2D eigenvalue weighted by Gasteiger charge is -2.30. The zero-order valence-electron chi connectivity index (χ0n) is 11.7. The minimum absolute atomic E-state index is 0.0873. The van der Waals surface area contributed by atoms with Crippen molar-refractivity contribution in [3.8, 4) is 0 Å². The Hall–Kier alpha value is -1.56. The van der Waals surface area contributed by atoms with Crippen LogP contribution in [0.3, 0.4) is 0 Å². The van der Waals surface area contributed by atoms with Gasteiger partial charge in [-0.25, -0.2) is 0 Å². The molecule has 116 valence electrons. The van der Waals surface area contributed by atoms with Crippen molar-refractivity contribution in [2.24, 2.45) is 0 Å². The van der Waals surface area contributed by atoms with E-state index in [0.717, 1.165) is 24.1 Å². The zero-order chi connectivity index (χ0) is 15.5. The summed E-state index contributed by atoms with van der Waals surface area (Å²) in [6.07, 6.45) is -2.86. The Balaban J connectivity index is 2.02. The van der Waals surface area contributed by atoms with Crippen LogP contribution in [0.25, 0.3) is 0 Å². The Morgan fingerprint density at radius 3 is 2.57 bits per heavy atom. The van der Waals surface area contributed by atoms with Crippen LogP contribution in [-0.2, 0) is 15.7 Å². The van der Waals surface area contributed by atoms with E-state index in [9.17, 15) is 18.0 Å². The summed E-state index contributed by atoms with van der Waals surface area (Å²) in [5, 5.41) is 3.24. The van der Waals surface area contributed by atoms with Crippen LogP contribution >= 0.6 is 0 Å². The molecule has 1 fully saturated rings. The molecule has 0 aromatic heterocycles. The molecule has 1 N–H and O–H groups in total.